The van der Waals surface area contributed by atoms with E-state index < -0.39 is 0 Å². The summed E-state index contributed by atoms with van der Waals surface area (Å²) in [6, 6.07) is 18.1. The van der Waals surface area contributed by atoms with Gasteiger partial charge < -0.3 is 9.64 Å². The van der Waals surface area contributed by atoms with Crippen molar-refractivity contribution in [3.8, 4) is 17.0 Å². The fourth-order valence-electron chi connectivity index (χ4n) is 2.64. The lowest BCUT2D eigenvalue weighted by atomic mass is 10.1. The highest BCUT2D eigenvalue weighted by molar-refractivity contribution is 5.92. The summed E-state index contributed by atoms with van der Waals surface area (Å²) in [6.07, 6.45) is 1.41. The third kappa shape index (κ3) is 4.41. The van der Waals surface area contributed by atoms with E-state index in [1.807, 2.05) is 61.5 Å². The summed E-state index contributed by atoms with van der Waals surface area (Å²) in [6.45, 7) is 2.45. The van der Waals surface area contributed by atoms with Crippen LogP contribution in [0.25, 0.3) is 11.3 Å². The Morgan fingerprint density at radius 3 is 2.44 bits per heavy atom. The molecular formula is C21H21N3O3. The van der Waals surface area contributed by atoms with Gasteiger partial charge in [0.15, 0.2) is 0 Å². The van der Waals surface area contributed by atoms with Gasteiger partial charge in [-0.1, -0.05) is 18.2 Å². The van der Waals surface area contributed by atoms with Crippen molar-refractivity contribution in [2.75, 3.05) is 18.6 Å². The van der Waals surface area contributed by atoms with Crippen LogP contribution in [0.1, 0.15) is 6.92 Å². The van der Waals surface area contributed by atoms with Gasteiger partial charge in [-0.25, -0.2) is 4.98 Å². The fourth-order valence-corrected chi connectivity index (χ4v) is 2.64. The van der Waals surface area contributed by atoms with E-state index in [2.05, 4.69) is 4.98 Å². The molecule has 138 valence electrons. The number of amides is 1. The first kappa shape index (κ1) is 18.4. The van der Waals surface area contributed by atoms with Crippen LogP contribution in [-0.4, -0.2) is 29.1 Å². The Labute approximate surface area is 157 Å². The maximum absolute atomic E-state index is 12.4. The summed E-state index contributed by atoms with van der Waals surface area (Å²) in [5.41, 5.74) is 1.87. The maximum Gasteiger partial charge on any atom is 0.254 e. The van der Waals surface area contributed by atoms with Crippen LogP contribution in [0.5, 0.6) is 5.75 Å². The van der Waals surface area contributed by atoms with Crippen molar-refractivity contribution in [1.82, 2.24) is 9.55 Å². The number of hydrogen-bond acceptors (Lipinski definition) is 4. The van der Waals surface area contributed by atoms with E-state index >= 15 is 0 Å². The average Bonchev–Trinajstić information content (AvgIpc) is 2.70. The Morgan fingerprint density at radius 1 is 1.11 bits per heavy atom. The molecule has 0 N–H and O–H groups in total. The molecule has 0 aliphatic carbocycles. The van der Waals surface area contributed by atoms with Gasteiger partial charge in [-0.15, -0.1) is 0 Å². The van der Waals surface area contributed by atoms with Gasteiger partial charge in [-0.3, -0.25) is 14.2 Å². The monoisotopic (exact) mass is 363 g/mol. The number of aromatic nitrogens is 2. The largest absolute Gasteiger partial charge is 0.494 e. The summed E-state index contributed by atoms with van der Waals surface area (Å²) in [7, 11) is 1.68. The molecular weight excluding hydrogens is 342 g/mol. The molecule has 6 nitrogen and oxygen atoms in total. The number of anilines is 1. The minimum Gasteiger partial charge on any atom is -0.494 e. The highest BCUT2D eigenvalue weighted by atomic mass is 16.5. The van der Waals surface area contributed by atoms with Crippen LogP contribution in [0.2, 0.25) is 0 Å². The second-order valence-electron chi connectivity index (χ2n) is 5.99. The molecule has 3 rings (SSSR count). The Balaban J connectivity index is 1.75. The predicted molar refractivity (Wildman–Crippen MR) is 105 cm³/mol. The van der Waals surface area contributed by atoms with Crippen LogP contribution < -0.4 is 15.2 Å². The highest BCUT2D eigenvalue weighted by Gasteiger charge is 2.13. The summed E-state index contributed by atoms with van der Waals surface area (Å²) in [5.74, 6) is 0.572. The molecule has 0 radical (unpaired) electrons. The summed E-state index contributed by atoms with van der Waals surface area (Å²) in [5, 5.41) is 0. The number of likely N-dealkylation sites (N-methyl/N-ethyl adjacent to an activating group) is 1. The quantitative estimate of drug-likeness (QED) is 0.675. The molecule has 6 heteroatoms. The molecule has 3 aromatic rings. The summed E-state index contributed by atoms with van der Waals surface area (Å²) < 4.78 is 6.72. The van der Waals surface area contributed by atoms with Gasteiger partial charge in [0.2, 0.25) is 5.91 Å². The van der Waals surface area contributed by atoms with Crippen LogP contribution in [0, 0.1) is 0 Å². The maximum atomic E-state index is 12.4. The van der Waals surface area contributed by atoms with E-state index in [1.54, 1.807) is 7.05 Å². The van der Waals surface area contributed by atoms with Crippen LogP contribution in [0.15, 0.2) is 71.8 Å². The molecule has 0 spiro atoms. The lowest BCUT2D eigenvalue weighted by molar-refractivity contribution is -0.118. The Bertz CT molecular complexity index is 966. The van der Waals surface area contributed by atoms with Crippen LogP contribution in [0.4, 0.5) is 5.69 Å². The zero-order valence-electron chi connectivity index (χ0n) is 15.3. The Morgan fingerprint density at radius 2 is 1.81 bits per heavy atom. The molecule has 1 aromatic heterocycles. The molecule has 27 heavy (non-hydrogen) atoms. The van der Waals surface area contributed by atoms with Gasteiger partial charge in [0.25, 0.3) is 5.56 Å². The zero-order chi connectivity index (χ0) is 19.2. The van der Waals surface area contributed by atoms with Crippen molar-refractivity contribution >= 4 is 11.6 Å². The molecule has 0 aliphatic rings. The topological polar surface area (TPSA) is 64.4 Å². The van der Waals surface area contributed by atoms with Crippen molar-refractivity contribution in [3.63, 3.8) is 0 Å². The number of benzene rings is 2. The molecule has 0 fully saturated rings. The smallest absolute Gasteiger partial charge is 0.254 e. The second kappa shape index (κ2) is 8.31. The van der Waals surface area contributed by atoms with Crippen molar-refractivity contribution in [2.45, 2.75) is 13.5 Å². The Kier molecular flexibility index (Phi) is 5.66. The number of ether oxygens (including phenoxy) is 1. The average molecular weight is 363 g/mol. The molecule has 1 heterocycles. The van der Waals surface area contributed by atoms with Gasteiger partial charge >= 0.3 is 0 Å². The third-order valence-corrected chi connectivity index (χ3v) is 4.16. The second-order valence-corrected chi connectivity index (χ2v) is 5.99. The molecule has 0 atom stereocenters. The number of carbonyl (C=O) groups is 1. The van der Waals surface area contributed by atoms with E-state index in [0.29, 0.717) is 12.3 Å². The van der Waals surface area contributed by atoms with E-state index in [4.69, 9.17) is 4.74 Å². The van der Waals surface area contributed by atoms with Crippen molar-refractivity contribution in [3.05, 3.63) is 77.3 Å². The molecule has 0 aliphatic heterocycles. The lowest BCUT2D eigenvalue weighted by Crippen LogP contribution is -2.33. The molecule has 0 bridgehead atoms. The van der Waals surface area contributed by atoms with Gasteiger partial charge in [0.05, 0.1) is 18.6 Å². The van der Waals surface area contributed by atoms with Gasteiger partial charge in [0.1, 0.15) is 12.3 Å². The van der Waals surface area contributed by atoms with E-state index in [-0.39, 0.29) is 18.0 Å². The molecule has 0 saturated heterocycles. The molecule has 0 unspecified atom stereocenters. The number of carbonyl (C=O) groups excluding carboxylic acids is 1. The lowest BCUT2D eigenvalue weighted by Gasteiger charge is -2.17. The minimum atomic E-state index is -0.274. The number of hydrogen-bond donors (Lipinski definition) is 0. The van der Waals surface area contributed by atoms with Crippen LogP contribution in [-0.2, 0) is 11.3 Å². The zero-order valence-corrected chi connectivity index (χ0v) is 15.3. The van der Waals surface area contributed by atoms with Gasteiger partial charge in [-0.05, 0) is 43.3 Å². The molecule has 1 amide bonds. The van der Waals surface area contributed by atoms with Crippen molar-refractivity contribution in [1.29, 1.82) is 0 Å². The highest BCUT2D eigenvalue weighted by Crippen LogP contribution is 2.19. The molecule has 0 saturated carbocycles. The predicted octanol–water partition coefficient (Wildman–Crippen LogP) is 2.97. The van der Waals surface area contributed by atoms with Crippen molar-refractivity contribution < 1.29 is 9.53 Å². The van der Waals surface area contributed by atoms with Crippen LogP contribution in [0.3, 0.4) is 0 Å². The SMILES string of the molecule is CCOc1ccc(-c2cc(=O)n(CC(=O)N(C)c3ccccc3)cn2)cc1. The summed E-state index contributed by atoms with van der Waals surface area (Å²) >= 11 is 0. The standard InChI is InChI=1S/C21H21N3O3/c1-3-27-18-11-9-16(10-12-18)19-13-20(25)24(15-22-19)14-21(26)23(2)17-7-5-4-6-8-17/h4-13,15H,3,14H2,1-2H3. The van der Waals surface area contributed by atoms with E-state index in [9.17, 15) is 9.59 Å². The number of rotatable bonds is 6. The first-order valence-electron chi connectivity index (χ1n) is 8.70. The number of para-hydroxylation sites is 1. The minimum absolute atomic E-state index is 0.0687. The summed E-state index contributed by atoms with van der Waals surface area (Å²) in [4.78, 5) is 30.7. The number of nitrogens with zero attached hydrogens (tertiary/aromatic N) is 3. The van der Waals surface area contributed by atoms with Crippen molar-refractivity contribution in [2.24, 2.45) is 0 Å². The van der Waals surface area contributed by atoms with Gasteiger partial charge in [0, 0.05) is 24.4 Å². The first-order valence-corrected chi connectivity index (χ1v) is 8.70. The van der Waals surface area contributed by atoms with Crippen LogP contribution >= 0.6 is 0 Å². The fraction of sp³-hybridized carbons (Fsp3) is 0.190. The Hall–Kier alpha value is -3.41. The van der Waals surface area contributed by atoms with E-state index in [1.165, 1.54) is 21.9 Å². The molecule has 2 aromatic carbocycles. The normalized spacial score (nSPS) is 10.4. The van der Waals surface area contributed by atoms with Gasteiger partial charge in [-0.2, -0.15) is 0 Å². The first-order chi connectivity index (χ1) is 13.1. The third-order valence-electron chi connectivity index (χ3n) is 4.16. The van der Waals surface area contributed by atoms with E-state index in [0.717, 1.165) is 17.0 Å².